The molecule has 126 valence electrons. The van der Waals surface area contributed by atoms with Crippen LogP contribution in [0.5, 0.6) is 11.5 Å². The Morgan fingerprint density at radius 2 is 1.62 bits per heavy atom. The molecule has 4 heteroatoms. The summed E-state index contributed by atoms with van der Waals surface area (Å²) in [6.07, 6.45) is 6.36. The lowest BCUT2D eigenvalue weighted by atomic mass is 9.90. The van der Waals surface area contributed by atoms with E-state index < -0.39 is 0 Å². The first kappa shape index (κ1) is 15.5. The van der Waals surface area contributed by atoms with Crippen molar-refractivity contribution in [2.45, 2.75) is 25.9 Å². The van der Waals surface area contributed by atoms with Gasteiger partial charge >= 0.3 is 0 Å². The molecule has 1 atom stereocenters. The molecule has 24 heavy (non-hydrogen) atoms. The lowest BCUT2D eigenvalue weighted by Crippen LogP contribution is -2.12. The molecule has 0 aromatic heterocycles. The van der Waals surface area contributed by atoms with Gasteiger partial charge in [0.25, 0.3) is 0 Å². The smallest absolute Gasteiger partial charge is 0.189 e. The zero-order valence-electron chi connectivity index (χ0n) is 13.9. The molecule has 0 saturated carbocycles. The first-order valence-corrected chi connectivity index (χ1v) is 8.55. The Bertz CT molecular complexity index is 762. The van der Waals surface area contributed by atoms with Gasteiger partial charge in [0.1, 0.15) is 24.2 Å². The van der Waals surface area contributed by atoms with Gasteiger partial charge in [-0.1, -0.05) is 36.4 Å². The maximum Gasteiger partial charge on any atom is 0.189 e. The van der Waals surface area contributed by atoms with Gasteiger partial charge in [-0.05, 0) is 19.8 Å². The Morgan fingerprint density at radius 1 is 1.00 bits per heavy atom. The minimum absolute atomic E-state index is 0.243. The highest BCUT2D eigenvalue weighted by atomic mass is 16.7. The Morgan fingerprint density at radius 3 is 2.21 bits per heavy atom. The summed E-state index contributed by atoms with van der Waals surface area (Å²) in [5, 5.41) is 2.18. The van der Waals surface area contributed by atoms with Crippen LogP contribution in [0.25, 0.3) is 10.8 Å². The molecule has 0 spiro atoms. The van der Waals surface area contributed by atoms with Crippen LogP contribution in [0.1, 0.15) is 18.1 Å². The predicted molar refractivity (Wildman–Crippen MR) is 92.9 cm³/mol. The number of hydrogen-bond acceptors (Lipinski definition) is 4. The molecule has 0 amide bonds. The summed E-state index contributed by atoms with van der Waals surface area (Å²) in [4.78, 5) is 0. The third-order valence-electron chi connectivity index (χ3n) is 4.45. The highest BCUT2D eigenvalue weighted by Gasteiger charge is 2.26. The monoisotopic (exact) mass is 326 g/mol. The van der Waals surface area contributed by atoms with Crippen molar-refractivity contribution in [2.24, 2.45) is 0 Å². The predicted octanol–water partition coefficient (Wildman–Crippen LogP) is 3.65. The molecule has 2 aromatic rings. The van der Waals surface area contributed by atoms with E-state index in [1.54, 1.807) is 0 Å². The van der Waals surface area contributed by atoms with Crippen LogP contribution in [0, 0.1) is 0 Å². The number of ether oxygens (including phenoxy) is 4. The molecule has 0 bridgehead atoms. The van der Waals surface area contributed by atoms with Gasteiger partial charge in [0, 0.05) is 28.5 Å². The van der Waals surface area contributed by atoms with Crippen molar-refractivity contribution >= 4 is 10.8 Å². The van der Waals surface area contributed by atoms with E-state index in [0.29, 0.717) is 13.2 Å². The van der Waals surface area contributed by atoms with Gasteiger partial charge in [0.2, 0.25) is 0 Å². The van der Waals surface area contributed by atoms with E-state index in [4.69, 9.17) is 18.9 Å². The van der Waals surface area contributed by atoms with E-state index in [1.807, 2.05) is 19.1 Å². The summed E-state index contributed by atoms with van der Waals surface area (Å²) < 4.78 is 22.9. The van der Waals surface area contributed by atoms with Crippen LogP contribution in [0.4, 0.5) is 0 Å². The van der Waals surface area contributed by atoms with Gasteiger partial charge < -0.3 is 18.9 Å². The van der Waals surface area contributed by atoms with Crippen LogP contribution in [0.15, 0.2) is 36.4 Å². The van der Waals surface area contributed by atoms with Crippen LogP contribution >= 0.6 is 0 Å². The van der Waals surface area contributed by atoms with E-state index in [0.717, 1.165) is 41.7 Å². The fourth-order valence-electron chi connectivity index (χ4n) is 3.17. The number of benzene rings is 2. The van der Waals surface area contributed by atoms with Crippen molar-refractivity contribution in [2.75, 3.05) is 26.6 Å². The SMILES string of the molecule is CCOCOc1c2c(c(OCC3CO3)c3ccccc13)CC=CC2. The van der Waals surface area contributed by atoms with Crippen LogP contribution in [0.3, 0.4) is 0 Å². The molecule has 2 aliphatic rings. The summed E-state index contributed by atoms with van der Waals surface area (Å²) >= 11 is 0. The van der Waals surface area contributed by atoms with Crippen LogP contribution in [-0.2, 0) is 22.3 Å². The Hall–Kier alpha value is -2.04. The molecule has 1 aliphatic heterocycles. The number of fused-ring (bicyclic) bond motifs is 2. The molecular formula is C20H22O4. The fraction of sp³-hybridized carbons (Fsp3) is 0.400. The zero-order chi connectivity index (χ0) is 16.4. The number of hydrogen-bond donors (Lipinski definition) is 0. The third-order valence-corrected chi connectivity index (χ3v) is 4.45. The van der Waals surface area contributed by atoms with Crippen molar-refractivity contribution in [3.05, 3.63) is 47.5 Å². The second kappa shape index (κ2) is 6.83. The van der Waals surface area contributed by atoms with Gasteiger partial charge in [-0.15, -0.1) is 0 Å². The van der Waals surface area contributed by atoms with Crippen LogP contribution < -0.4 is 9.47 Å². The van der Waals surface area contributed by atoms with Gasteiger partial charge in [-0.25, -0.2) is 0 Å². The highest BCUT2D eigenvalue weighted by molar-refractivity contribution is 5.96. The molecule has 1 saturated heterocycles. The summed E-state index contributed by atoms with van der Waals surface area (Å²) in [7, 11) is 0. The zero-order valence-corrected chi connectivity index (χ0v) is 13.9. The lowest BCUT2D eigenvalue weighted by molar-refractivity contribution is 0.0228. The molecule has 1 aliphatic carbocycles. The average Bonchev–Trinajstić information content (AvgIpc) is 3.45. The number of epoxide rings is 1. The lowest BCUT2D eigenvalue weighted by Gasteiger charge is -2.23. The maximum atomic E-state index is 6.18. The molecule has 0 N–H and O–H groups in total. The largest absolute Gasteiger partial charge is 0.490 e. The molecule has 2 aromatic carbocycles. The highest BCUT2D eigenvalue weighted by Crippen LogP contribution is 2.43. The van der Waals surface area contributed by atoms with Gasteiger partial charge in [-0.3, -0.25) is 0 Å². The van der Waals surface area contributed by atoms with Gasteiger partial charge in [0.05, 0.1) is 6.61 Å². The second-order valence-electron chi connectivity index (χ2n) is 6.06. The Balaban J connectivity index is 1.80. The number of allylic oxidation sites excluding steroid dienone is 2. The molecule has 4 rings (SSSR count). The minimum Gasteiger partial charge on any atom is -0.490 e. The summed E-state index contributed by atoms with van der Waals surface area (Å²) in [5.74, 6) is 1.90. The molecular weight excluding hydrogens is 304 g/mol. The summed E-state index contributed by atoms with van der Waals surface area (Å²) in [5.41, 5.74) is 2.44. The van der Waals surface area contributed by atoms with Crippen molar-refractivity contribution in [3.8, 4) is 11.5 Å². The number of rotatable bonds is 7. The van der Waals surface area contributed by atoms with Crippen LogP contribution in [-0.4, -0.2) is 32.7 Å². The van der Waals surface area contributed by atoms with Crippen molar-refractivity contribution in [3.63, 3.8) is 0 Å². The first-order valence-electron chi connectivity index (χ1n) is 8.55. The van der Waals surface area contributed by atoms with Crippen molar-refractivity contribution in [1.29, 1.82) is 0 Å². The molecule has 4 nitrogen and oxygen atoms in total. The standard InChI is InChI=1S/C20H22O4/c1-2-21-13-24-20-17-9-5-3-7-15(17)19(23-12-14-11-22-14)16-8-4-6-10-18(16)20/h3-7,9,14H,2,8,10-13H2,1H3. The molecule has 0 radical (unpaired) electrons. The first-order chi connectivity index (χ1) is 11.9. The molecule has 1 fully saturated rings. The van der Waals surface area contributed by atoms with E-state index >= 15 is 0 Å². The normalized spacial score (nSPS) is 18.5. The van der Waals surface area contributed by atoms with E-state index in [-0.39, 0.29) is 12.9 Å². The van der Waals surface area contributed by atoms with E-state index in [2.05, 4.69) is 24.3 Å². The average molecular weight is 326 g/mol. The van der Waals surface area contributed by atoms with E-state index in [9.17, 15) is 0 Å². The van der Waals surface area contributed by atoms with Gasteiger partial charge in [-0.2, -0.15) is 0 Å². The quantitative estimate of drug-likeness (QED) is 0.337. The van der Waals surface area contributed by atoms with Gasteiger partial charge in [0.15, 0.2) is 6.79 Å². The summed E-state index contributed by atoms with van der Waals surface area (Å²) in [6, 6.07) is 8.27. The summed E-state index contributed by atoms with van der Waals surface area (Å²) in [6.45, 7) is 4.29. The fourth-order valence-corrected chi connectivity index (χ4v) is 3.17. The third kappa shape index (κ3) is 2.99. The van der Waals surface area contributed by atoms with Crippen LogP contribution in [0.2, 0.25) is 0 Å². The topological polar surface area (TPSA) is 40.2 Å². The Kier molecular flexibility index (Phi) is 4.41. The van der Waals surface area contributed by atoms with E-state index in [1.165, 1.54) is 11.1 Å². The van der Waals surface area contributed by atoms with Crippen molar-refractivity contribution < 1.29 is 18.9 Å². The molecule has 1 heterocycles. The Labute approximate surface area is 142 Å². The molecule has 1 unspecified atom stereocenters. The minimum atomic E-state index is 0.243. The second-order valence-corrected chi connectivity index (χ2v) is 6.06. The maximum absolute atomic E-state index is 6.18. The van der Waals surface area contributed by atoms with Crippen molar-refractivity contribution in [1.82, 2.24) is 0 Å².